The van der Waals surface area contributed by atoms with Crippen molar-refractivity contribution >= 4 is 20.2 Å². The molecule has 1 aromatic heterocycles. The molecule has 0 fully saturated rings. The zero-order valence-corrected chi connectivity index (χ0v) is 14.6. The molecular weight excluding hydrogens is 353 g/mol. The molecule has 1 aliphatic heterocycles. The van der Waals surface area contributed by atoms with Crippen LogP contribution in [0, 0.1) is 0 Å². The molecule has 1 aromatic rings. The third kappa shape index (κ3) is 10.4. The fraction of sp³-hybridized carbons (Fsp3) is 0.615. The van der Waals surface area contributed by atoms with Crippen molar-refractivity contribution in [2.45, 2.75) is 13.1 Å². The molecular formula is C13H23Cl2FeN5+. The van der Waals surface area contributed by atoms with Gasteiger partial charge >= 0.3 is 33.3 Å². The van der Waals surface area contributed by atoms with Crippen LogP contribution >= 0.6 is 20.2 Å². The second-order valence-electron chi connectivity index (χ2n) is 4.52. The van der Waals surface area contributed by atoms with Crippen LogP contribution in [-0.2, 0) is 26.2 Å². The maximum absolute atomic E-state index is 4.76. The Bertz CT molecular complexity index is 341. The van der Waals surface area contributed by atoms with Gasteiger partial charge in [0, 0.05) is 52.4 Å². The molecule has 0 saturated heterocycles. The van der Waals surface area contributed by atoms with Crippen LogP contribution in [-0.4, -0.2) is 44.3 Å². The normalized spacial score (nSPS) is 17.8. The van der Waals surface area contributed by atoms with Gasteiger partial charge in [-0.3, -0.25) is 4.98 Å². The summed E-state index contributed by atoms with van der Waals surface area (Å²) in [6, 6.07) is 6.22. The number of aromatic nitrogens is 1. The van der Waals surface area contributed by atoms with Crippen LogP contribution < -0.4 is 21.3 Å². The van der Waals surface area contributed by atoms with Crippen LogP contribution in [0.4, 0.5) is 0 Å². The van der Waals surface area contributed by atoms with E-state index in [-0.39, 0.29) is 13.1 Å². The smallest absolute Gasteiger partial charge is 0.0545 e. The molecule has 8 heteroatoms. The summed E-state index contributed by atoms with van der Waals surface area (Å²) in [5, 5.41) is 13.6. The van der Waals surface area contributed by atoms with Crippen LogP contribution in [0.15, 0.2) is 18.2 Å². The van der Waals surface area contributed by atoms with Crippen molar-refractivity contribution in [1.29, 1.82) is 0 Å². The Balaban J connectivity index is 0.000000677. The number of halogens is 2. The minimum atomic E-state index is 0.194. The first-order valence-electron chi connectivity index (χ1n) is 6.99. The standard InChI is InChI=1S/C13H23N5.2ClH.Fe/c1-2-12-10-16-8-6-14-4-5-15-7-9-17-11-13(3-1)18-12;;;/h1-3,14-17H,4-11H2;2*1H;/q;;;+3/p-2. The molecule has 2 heterocycles. The summed E-state index contributed by atoms with van der Waals surface area (Å²) >= 11 is 0.194. The van der Waals surface area contributed by atoms with E-state index in [1.807, 2.05) is 0 Å². The minimum absolute atomic E-state index is 0.194. The number of nitrogens with one attached hydrogen (secondary N) is 4. The average Bonchev–Trinajstić information content (AvgIpc) is 2.49. The number of fused-ring (bicyclic) bond motifs is 2. The van der Waals surface area contributed by atoms with Gasteiger partial charge in [-0.05, 0) is 12.1 Å². The van der Waals surface area contributed by atoms with Crippen molar-refractivity contribution in [2.75, 3.05) is 39.3 Å². The number of hydrogen-bond acceptors (Lipinski definition) is 5. The minimum Gasteiger partial charge on any atom is -0.314 e. The van der Waals surface area contributed by atoms with E-state index in [9.17, 15) is 0 Å². The SMILES string of the molecule is [Cl][Fe+][Cl].c1cc2nc(c1)CNCCNCCNCCNC2. The average molecular weight is 376 g/mol. The van der Waals surface area contributed by atoms with E-state index in [0.717, 1.165) is 63.7 Å². The van der Waals surface area contributed by atoms with Crippen LogP contribution in [0.25, 0.3) is 0 Å². The van der Waals surface area contributed by atoms with E-state index >= 15 is 0 Å². The van der Waals surface area contributed by atoms with Gasteiger partial charge < -0.3 is 21.3 Å². The van der Waals surface area contributed by atoms with Crippen LogP contribution in [0.3, 0.4) is 0 Å². The molecule has 0 amide bonds. The molecule has 2 bridgehead atoms. The Morgan fingerprint density at radius 3 is 1.57 bits per heavy atom. The van der Waals surface area contributed by atoms with Gasteiger partial charge in [0.25, 0.3) is 0 Å². The van der Waals surface area contributed by atoms with E-state index in [4.69, 9.17) is 20.2 Å². The molecule has 4 N–H and O–H groups in total. The van der Waals surface area contributed by atoms with Crippen LogP contribution in [0.2, 0.25) is 0 Å². The Morgan fingerprint density at radius 2 is 1.14 bits per heavy atom. The Labute approximate surface area is 141 Å². The molecule has 0 saturated carbocycles. The van der Waals surface area contributed by atoms with E-state index in [2.05, 4.69) is 44.5 Å². The van der Waals surface area contributed by atoms with Crippen molar-refractivity contribution in [3.63, 3.8) is 0 Å². The van der Waals surface area contributed by atoms with Gasteiger partial charge in [0.1, 0.15) is 0 Å². The first-order chi connectivity index (χ1) is 10.4. The summed E-state index contributed by atoms with van der Waals surface area (Å²) in [4.78, 5) is 4.62. The first-order valence-corrected chi connectivity index (χ1v) is 10.0. The van der Waals surface area contributed by atoms with Gasteiger partial charge in [-0.25, -0.2) is 0 Å². The molecule has 0 radical (unpaired) electrons. The van der Waals surface area contributed by atoms with E-state index in [1.165, 1.54) is 0 Å². The topological polar surface area (TPSA) is 61.0 Å². The maximum atomic E-state index is 4.76. The van der Waals surface area contributed by atoms with Gasteiger partial charge in [-0.2, -0.15) is 0 Å². The molecule has 0 unspecified atom stereocenters. The van der Waals surface area contributed by atoms with E-state index < -0.39 is 0 Å². The van der Waals surface area contributed by atoms with Crippen molar-refractivity contribution in [1.82, 2.24) is 26.3 Å². The second kappa shape index (κ2) is 13.7. The number of rotatable bonds is 0. The first kappa shape index (κ1) is 19.1. The Kier molecular flexibility index (Phi) is 12.5. The maximum Gasteiger partial charge on any atom is 0.0545 e. The number of nitrogens with zero attached hydrogens (tertiary/aromatic N) is 1. The van der Waals surface area contributed by atoms with E-state index in [1.54, 1.807) is 0 Å². The summed E-state index contributed by atoms with van der Waals surface area (Å²) in [7, 11) is 9.53. The number of hydrogen-bond donors (Lipinski definition) is 4. The van der Waals surface area contributed by atoms with Crippen molar-refractivity contribution < 1.29 is 13.1 Å². The molecule has 2 rings (SSSR count). The third-order valence-electron chi connectivity index (χ3n) is 2.91. The van der Waals surface area contributed by atoms with Gasteiger partial charge in [-0.15, -0.1) is 0 Å². The third-order valence-corrected chi connectivity index (χ3v) is 2.91. The predicted octanol–water partition coefficient (Wildman–Crippen LogP) is 0.830. The molecule has 0 spiro atoms. The summed E-state index contributed by atoms with van der Waals surface area (Å²) in [6.45, 7) is 7.68. The molecule has 5 nitrogen and oxygen atoms in total. The van der Waals surface area contributed by atoms with Crippen molar-refractivity contribution in [3.05, 3.63) is 29.6 Å². The van der Waals surface area contributed by atoms with Gasteiger partial charge in [0.15, 0.2) is 0 Å². The fourth-order valence-electron chi connectivity index (χ4n) is 1.94. The fourth-order valence-corrected chi connectivity index (χ4v) is 1.94. The van der Waals surface area contributed by atoms with Crippen LogP contribution in [0.5, 0.6) is 0 Å². The molecule has 0 aliphatic carbocycles. The second-order valence-corrected chi connectivity index (χ2v) is 6.35. The summed E-state index contributed by atoms with van der Waals surface area (Å²) < 4.78 is 0. The Morgan fingerprint density at radius 1 is 0.762 bits per heavy atom. The van der Waals surface area contributed by atoms with Crippen LogP contribution in [0.1, 0.15) is 11.4 Å². The summed E-state index contributed by atoms with van der Waals surface area (Å²) in [5.41, 5.74) is 2.23. The predicted molar refractivity (Wildman–Crippen MR) is 85.1 cm³/mol. The summed E-state index contributed by atoms with van der Waals surface area (Å²) in [6.07, 6.45) is 0. The largest absolute Gasteiger partial charge is 0.314 e. The summed E-state index contributed by atoms with van der Waals surface area (Å²) in [5.74, 6) is 0. The Hall–Kier alpha value is 0.0895. The van der Waals surface area contributed by atoms with Gasteiger partial charge in [0.05, 0.1) is 11.4 Å². The molecule has 0 aromatic carbocycles. The van der Waals surface area contributed by atoms with Gasteiger partial charge in [-0.1, -0.05) is 6.07 Å². The quantitative estimate of drug-likeness (QED) is 0.506. The van der Waals surface area contributed by atoms with Gasteiger partial charge in [0.2, 0.25) is 0 Å². The van der Waals surface area contributed by atoms with Crippen molar-refractivity contribution in [3.8, 4) is 0 Å². The molecule has 0 atom stereocenters. The molecule has 1 aliphatic rings. The van der Waals surface area contributed by atoms with E-state index in [0.29, 0.717) is 0 Å². The zero-order valence-electron chi connectivity index (χ0n) is 11.9. The monoisotopic (exact) mass is 375 g/mol. The zero-order chi connectivity index (χ0) is 15.2. The number of pyridine rings is 1. The molecule has 121 valence electrons. The van der Waals surface area contributed by atoms with Crippen molar-refractivity contribution in [2.24, 2.45) is 0 Å². The molecule has 21 heavy (non-hydrogen) atoms.